The fourth-order valence-corrected chi connectivity index (χ4v) is 5.12. The number of piperazine rings is 1. The molecule has 3 heterocycles. The number of halogens is 7. The minimum Gasteiger partial charge on any atom is -0.390 e. The van der Waals surface area contributed by atoms with Crippen LogP contribution < -0.4 is 4.90 Å². The Bertz CT molecular complexity index is 1370. The molecule has 2 fully saturated rings. The number of carbonyl (C=O) groups is 1. The number of aliphatic hydroxyl groups excluding tert-OH is 1. The maximum absolute atomic E-state index is 13.5. The lowest BCUT2D eigenvalue weighted by Crippen LogP contribution is -2.54. The number of carbonyl (C=O) groups excluding carboxylic acids is 1. The predicted molar refractivity (Wildman–Crippen MR) is 130 cm³/mol. The van der Waals surface area contributed by atoms with Crippen LogP contribution in [0, 0.1) is 0 Å². The van der Waals surface area contributed by atoms with E-state index in [1.54, 1.807) is 29.2 Å². The molecule has 2 aliphatic rings. The van der Waals surface area contributed by atoms with Gasteiger partial charge >= 0.3 is 12.4 Å². The van der Waals surface area contributed by atoms with Gasteiger partial charge in [-0.2, -0.15) is 26.3 Å². The van der Waals surface area contributed by atoms with Crippen molar-refractivity contribution in [2.45, 2.75) is 24.5 Å². The minimum absolute atomic E-state index is 0.0160. The molecule has 0 saturated carbocycles. The number of hydrogen-bond donors (Lipinski definition) is 1. The lowest BCUT2D eigenvalue weighted by molar-refractivity contribution is -0.144. The largest absolute Gasteiger partial charge is 0.451 e. The number of fused-ring (bicyclic) bond motifs is 1. The van der Waals surface area contributed by atoms with Gasteiger partial charge in [0.25, 0.3) is 5.91 Å². The Morgan fingerprint density at radius 1 is 0.897 bits per heavy atom. The number of aromatic nitrogens is 2. The van der Waals surface area contributed by atoms with Crippen LogP contribution >= 0.6 is 11.6 Å². The van der Waals surface area contributed by atoms with Crippen molar-refractivity contribution >= 4 is 34.2 Å². The van der Waals surface area contributed by atoms with Crippen molar-refractivity contribution in [1.29, 1.82) is 0 Å². The number of nitrogens with zero attached hydrogens (tertiary/aromatic N) is 5. The Kier molecular flexibility index (Phi) is 7.10. The molecule has 0 spiro atoms. The first kappa shape index (κ1) is 27.4. The summed E-state index contributed by atoms with van der Waals surface area (Å²) in [5, 5.41) is 11.3. The highest BCUT2D eigenvalue weighted by Crippen LogP contribution is 2.37. The first-order chi connectivity index (χ1) is 18.3. The van der Waals surface area contributed by atoms with E-state index in [4.69, 9.17) is 11.6 Å². The molecule has 3 aromatic rings. The Morgan fingerprint density at radius 2 is 1.56 bits per heavy atom. The second-order valence-electron chi connectivity index (χ2n) is 9.47. The highest BCUT2D eigenvalue weighted by atomic mass is 35.5. The van der Waals surface area contributed by atoms with Gasteiger partial charge < -0.3 is 14.9 Å². The lowest BCUT2D eigenvalue weighted by Gasteiger charge is -2.38. The Balaban J connectivity index is 1.35. The number of aliphatic hydroxyl groups is 1. The average Bonchev–Trinajstić information content (AvgIpc) is 3.28. The summed E-state index contributed by atoms with van der Waals surface area (Å²) >= 11 is 5.88. The zero-order chi connectivity index (χ0) is 28.1. The van der Waals surface area contributed by atoms with Gasteiger partial charge in [-0.15, -0.1) is 0 Å². The summed E-state index contributed by atoms with van der Waals surface area (Å²) in [5.74, 6) is -1.92. The summed E-state index contributed by atoms with van der Waals surface area (Å²) in [4.78, 5) is 24.9. The predicted octanol–water partition coefficient (Wildman–Crippen LogP) is 4.33. The minimum atomic E-state index is -4.98. The molecular weight excluding hydrogens is 552 g/mol. The molecule has 1 amide bonds. The van der Waals surface area contributed by atoms with Crippen LogP contribution in [0.2, 0.25) is 5.02 Å². The van der Waals surface area contributed by atoms with E-state index in [1.807, 2.05) is 4.90 Å². The molecule has 14 heteroatoms. The SMILES string of the molecule is O=C(c1ccc(Cl)cc1)N1CCN([C@@H]2CN(c3nc(C(F)(F)F)nc4cc(C(F)(F)F)ccc34)C[C@H]2O)CC1. The molecule has 39 heavy (non-hydrogen) atoms. The Morgan fingerprint density at radius 3 is 2.18 bits per heavy atom. The topological polar surface area (TPSA) is 72.8 Å². The van der Waals surface area contributed by atoms with Crippen LogP contribution in [0.15, 0.2) is 42.5 Å². The van der Waals surface area contributed by atoms with E-state index in [9.17, 15) is 36.2 Å². The van der Waals surface area contributed by atoms with Gasteiger partial charge in [-0.05, 0) is 42.5 Å². The van der Waals surface area contributed by atoms with E-state index in [2.05, 4.69) is 9.97 Å². The van der Waals surface area contributed by atoms with Gasteiger partial charge in [0.1, 0.15) is 5.82 Å². The second kappa shape index (κ2) is 10.1. The monoisotopic (exact) mass is 573 g/mol. The van der Waals surface area contributed by atoms with Crippen molar-refractivity contribution in [1.82, 2.24) is 19.8 Å². The Labute approximate surface area is 223 Å². The third kappa shape index (κ3) is 5.61. The molecule has 0 unspecified atom stereocenters. The van der Waals surface area contributed by atoms with Crippen molar-refractivity contribution < 1.29 is 36.2 Å². The summed E-state index contributed by atoms with van der Waals surface area (Å²) < 4.78 is 80.2. The molecule has 2 aromatic carbocycles. The Hall–Kier alpha value is -3.16. The lowest BCUT2D eigenvalue weighted by atomic mass is 10.1. The first-order valence-electron chi connectivity index (χ1n) is 12.0. The van der Waals surface area contributed by atoms with Gasteiger partial charge in [0.2, 0.25) is 5.82 Å². The summed E-state index contributed by atoms with van der Waals surface area (Å²) in [6.07, 6.45) is -10.7. The molecule has 1 aromatic heterocycles. The number of β-amino-alcohol motifs (C(OH)–C–C–N with tert-alkyl or cyclic N) is 1. The normalized spacial score (nSPS) is 21.1. The average molecular weight is 574 g/mol. The van der Waals surface area contributed by atoms with Crippen LogP contribution in [0.4, 0.5) is 32.2 Å². The van der Waals surface area contributed by atoms with E-state index in [1.165, 1.54) is 4.90 Å². The van der Waals surface area contributed by atoms with Crippen LogP contribution in [0.1, 0.15) is 21.7 Å². The van der Waals surface area contributed by atoms with Crippen LogP contribution in [-0.2, 0) is 12.4 Å². The van der Waals surface area contributed by atoms with Crippen molar-refractivity contribution in [2.24, 2.45) is 0 Å². The number of rotatable bonds is 3. The zero-order valence-electron chi connectivity index (χ0n) is 20.2. The third-order valence-electron chi connectivity index (χ3n) is 6.98. The van der Waals surface area contributed by atoms with Gasteiger partial charge in [0.05, 0.1) is 23.2 Å². The van der Waals surface area contributed by atoms with Gasteiger partial charge in [-0.1, -0.05) is 11.6 Å². The van der Waals surface area contributed by atoms with E-state index in [0.717, 1.165) is 12.1 Å². The van der Waals surface area contributed by atoms with Gasteiger partial charge in [-0.3, -0.25) is 9.69 Å². The van der Waals surface area contributed by atoms with Crippen LogP contribution in [0.25, 0.3) is 10.9 Å². The van der Waals surface area contributed by atoms with Crippen molar-refractivity contribution in [3.8, 4) is 0 Å². The molecule has 0 radical (unpaired) electrons. The maximum Gasteiger partial charge on any atom is 0.451 e. The number of amides is 1. The van der Waals surface area contributed by atoms with Crippen molar-refractivity contribution in [2.75, 3.05) is 44.2 Å². The molecule has 2 aliphatic heterocycles. The number of hydrogen-bond acceptors (Lipinski definition) is 6. The molecule has 0 aliphatic carbocycles. The summed E-state index contributed by atoms with van der Waals surface area (Å²) in [6.45, 7) is 1.61. The highest BCUT2D eigenvalue weighted by Gasteiger charge is 2.41. The summed E-state index contributed by atoms with van der Waals surface area (Å²) in [6, 6.07) is 8.42. The fraction of sp³-hybridized carbons (Fsp3) is 0.400. The van der Waals surface area contributed by atoms with E-state index in [0.29, 0.717) is 42.8 Å². The van der Waals surface area contributed by atoms with E-state index < -0.39 is 41.4 Å². The smallest absolute Gasteiger partial charge is 0.390 e. The fourth-order valence-electron chi connectivity index (χ4n) is 4.99. The van der Waals surface area contributed by atoms with Crippen molar-refractivity contribution in [3.63, 3.8) is 0 Å². The molecule has 1 N–H and O–H groups in total. The van der Waals surface area contributed by atoms with Crippen LogP contribution in [0.3, 0.4) is 0 Å². The molecule has 5 rings (SSSR count). The molecule has 208 valence electrons. The van der Waals surface area contributed by atoms with Gasteiger partial charge in [0.15, 0.2) is 0 Å². The zero-order valence-corrected chi connectivity index (χ0v) is 20.9. The van der Waals surface area contributed by atoms with E-state index >= 15 is 0 Å². The molecular formula is C25H22ClF6N5O2. The van der Waals surface area contributed by atoms with E-state index in [-0.39, 0.29) is 30.2 Å². The van der Waals surface area contributed by atoms with Crippen LogP contribution in [-0.4, -0.2) is 82.2 Å². The van der Waals surface area contributed by atoms with Crippen LogP contribution in [0.5, 0.6) is 0 Å². The van der Waals surface area contributed by atoms with Crippen molar-refractivity contribution in [3.05, 3.63) is 64.4 Å². The van der Waals surface area contributed by atoms with Gasteiger partial charge in [0, 0.05) is 55.2 Å². The molecule has 7 nitrogen and oxygen atoms in total. The highest BCUT2D eigenvalue weighted by molar-refractivity contribution is 6.30. The molecule has 2 saturated heterocycles. The van der Waals surface area contributed by atoms with Gasteiger partial charge in [-0.25, -0.2) is 9.97 Å². The third-order valence-corrected chi connectivity index (χ3v) is 7.23. The second-order valence-corrected chi connectivity index (χ2v) is 9.91. The number of anilines is 1. The summed E-state index contributed by atoms with van der Waals surface area (Å²) in [7, 11) is 0. The molecule has 2 atom stereocenters. The summed E-state index contributed by atoms with van der Waals surface area (Å²) in [5.41, 5.74) is -1.13. The number of alkyl halides is 6. The quantitative estimate of drug-likeness (QED) is 0.471. The number of benzene rings is 2. The standard InChI is InChI=1S/C25H22ClF6N5O2/c26-16-4-1-14(2-5-16)22(39)36-9-7-35(8-10-36)19-12-37(13-20(19)38)21-17-6-3-15(24(27,28)29)11-18(17)33-23(34-21)25(30,31)32/h1-6,11,19-20,38H,7-10,12-13H2/t19-,20-/m1/s1. The maximum atomic E-state index is 13.5. The first-order valence-corrected chi connectivity index (χ1v) is 12.4. The molecule has 0 bridgehead atoms.